The van der Waals surface area contributed by atoms with Crippen molar-refractivity contribution in [3.63, 3.8) is 0 Å². The van der Waals surface area contributed by atoms with Crippen molar-refractivity contribution in [2.75, 3.05) is 0 Å². The van der Waals surface area contributed by atoms with Crippen molar-refractivity contribution in [2.24, 2.45) is 17.8 Å². The van der Waals surface area contributed by atoms with Gasteiger partial charge in [-0.25, -0.2) is 9.59 Å². The molecule has 2 saturated carbocycles. The van der Waals surface area contributed by atoms with Crippen LogP contribution in [0.1, 0.15) is 26.2 Å². The Kier molecular flexibility index (Phi) is 3.92. The first-order chi connectivity index (χ1) is 10.8. The number of esters is 2. The summed E-state index contributed by atoms with van der Waals surface area (Å²) in [6.45, 7) is 13.2. The van der Waals surface area contributed by atoms with Gasteiger partial charge in [-0.3, -0.25) is 0 Å². The molecule has 1 aliphatic heterocycles. The zero-order valence-corrected chi connectivity index (χ0v) is 13.3. The van der Waals surface area contributed by atoms with E-state index in [2.05, 4.69) is 19.7 Å². The molecule has 0 aromatic rings. The molecule has 5 nitrogen and oxygen atoms in total. The lowest BCUT2D eigenvalue weighted by atomic mass is 9.83. The van der Waals surface area contributed by atoms with E-state index in [4.69, 9.17) is 9.47 Å². The summed E-state index contributed by atoms with van der Waals surface area (Å²) in [5.74, 6) is -1.24. The molecule has 0 aromatic carbocycles. The van der Waals surface area contributed by atoms with Crippen LogP contribution in [0.2, 0.25) is 0 Å². The molecule has 0 bridgehead atoms. The van der Waals surface area contributed by atoms with Crippen LogP contribution in [-0.4, -0.2) is 35.4 Å². The molecular formula is C18H22O5. The van der Waals surface area contributed by atoms with Gasteiger partial charge >= 0.3 is 11.9 Å². The van der Waals surface area contributed by atoms with E-state index in [-0.39, 0.29) is 17.8 Å². The molecule has 1 saturated heterocycles. The van der Waals surface area contributed by atoms with Crippen LogP contribution in [0.5, 0.6) is 0 Å². The Morgan fingerprint density at radius 1 is 1.35 bits per heavy atom. The number of carbonyl (C=O) groups excluding carboxylic acids is 2. The largest absolute Gasteiger partial charge is 0.458 e. The van der Waals surface area contributed by atoms with Crippen LogP contribution in [0.25, 0.3) is 0 Å². The summed E-state index contributed by atoms with van der Waals surface area (Å²) in [6.07, 6.45) is 0.260. The van der Waals surface area contributed by atoms with E-state index in [0.29, 0.717) is 30.4 Å². The van der Waals surface area contributed by atoms with Gasteiger partial charge in [-0.15, -0.1) is 0 Å². The molecule has 3 rings (SSSR count). The highest BCUT2D eigenvalue weighted by Crippen LogP contribution is 2.50. The van der Waals surface area contributed by atoms with Gasteiger partial charge < -0.3 is 14.6 Å². The molecule has 1 heterocycles. The molecular weight excluding hydrogens is 296 g/mol. The molecule has 1 N–H and O–H groups in total. The fourth-order valence-electron chi connectivity index (χ4n) is 4.16. The second-order valence-electron chi connectivity index (χ2n) is 6.90. The van der Waals surface area contributed by atoms with Gasteiger partial charge in [-0.2, -0.15) is 0 Å². The van der Waals surface area contributed by atoms with Crippen LogP contribution in [0.3, 0.4) is 0 Å². The summed E-state index contributed by atoms with van der Waals surface area (Å²) >= 11 is 0. The summed E-state index contributed by atoms with van der Waals surface area (Å²) < 4.78 is 11.1. The minimum atomic E-state index is -0.529. The first kappa shape index (κ1) is 16.0. The number of hydrogen-bond donors (Lipinski definition) is 1. The Morgan fingerprint density at radius 3 is 2.70 bits per heavy atom. The van der Waals surface area contributed by atoms with Crippen LogP contribution < -0.4 is 0 Å². The Bertz CT molecular complexity index is 605. The quantitative estimate of drug-likeness (QED) is 0.478. The fourth-order valence-corrected chi connectivity index (χ4v) is 4.16. The van der Waals surface area contributed by atoms with Gasteiger partial charge in [0.05, 0.1) is 12.0 Å². The number of carbonyl (C=O) groups is 2. The first-order valence-corrected chi connectivity index (χ1v) is 7.91. The third-order valence-corrected chi connectivity index (χ3v) is 5.27. The zero-order valence-electron chi connectivity index (χ0n) is 13.3. The van der Waals surface area contributed by atoms with E-state index >= 15 is 0 Å². The van der Waals surface area contributed by atoms with Crippen LogP contribution in [0.4, 0.5) is 0 Å². The lowest BCUT2D eigenvalue weighted by Gasteiger charge is -2.27. The molecule has 0 amide bonds. The topological polar surface area (TPSA) is 72.8 Å². The van der Waals surface area contributed by atoms with E-state index in [9.17, 15) is 14.7 Å². The summed E-state index contributed by atoms with van der Waals surface area (Å²) in [5, 5.41) is 10.0. The van der Waals surface area contributed by atoms with Gasteiger partial charge in [-0.05, 0) is 25.7 Å². The number of ether oxygens (including phenoxy) is 2. The third-order valence-electron chi connectivity index (χ3n) is 5.27. The van der Waals surface area contributed by atoms with Gasteiger partial charge in [0, 0.05) is 23.5 Å². The molecule has 3 aliphatic rings. The average molecular weight is 318 g/mol. The van der Waals surface area contributed by atoms with Crippen LogP contribution in [0, 0.1) is 17.8 Å². The smallest absolute Gasteiger partial charge is 0.334 e. The van der Waals surface area contributed by atoms with Crippen LogP contribution >= 0.6 is 0 Å². The zero-order chi connectivity index (χ0) is 16.9. The summed E-state index contributed by atoms with van der Waals surface area (Å²) in [5.41, 5.74) is 1.58. The number of fused-ring (bicyclic) bond motifs is 3. The molecule has 23 heavy (non-hydrogen) atoms. The maximum Gasteiger partial charge on any atom is 0.334 e. The van der Waals surface area contributed by atoms with Crippen LogP contribution in [0.15, 0.2) is 36.5 Å². The fraction of sp³-hybridized carbons (Fsp3) is 0.556. The standard InChI is InChI=1S/C18H22O5/c1-8(2)17(20)22-14-5-9(3)12-6-11(19)7-13(12)16-15(14)10(4)18(21)23-16/h11-16,19H,1,3-7H2,2H3/t11-,12+,13+,14+,15-,16-/m1/s1. The SMILES string of the molecule is C=C(C)C(=O)O[C@H]1CC(=C)[C@@H]2C[C@@H](O)C[C@@H]2[C@H]2OC(=O)C(=C)[C@@H]21. The summed E-state index contributed by atoms with van der Waals surface area (Å²) in [6, 6.07) is 0. The van der Waals surface area contributed by atoms with Crippen molar-refractivity contribution in [1.29, 1.82) is 0 Å². The van der Waals surface area contributed by atoms with E-state index in [0.717, 1.165) is 5.57 Å². The van der Waals surface area contributed by atoms with Gasteiger partial charge in [0.25, 0.3) is 0 Å². The predicted molar refractivity (Wildman–Crippen MR) is 83.2 cm³/mol. The second-order valence-corrected chi connectivity index (χ2v) is 6.90. The maximum absolute atomic E-state index is 12.0. The molecule has 6 atom stereocenters. The molecule has 5 heteroatoms. The van der Waals surface area contributed by atoms with E-state index < -0.39 is 30.3 Å². The molecule has 3 fully saturated rings. The predicted octanol–water partition coefficient (Wildman–Crippen LogP) is 1.92. The number of aliphatic hydroxyl groups excluding tert-OH is 1. The Morgan fingerprint density at radius 2 is 2.04 bits per heavy atom. The Labute approximate surface area is 135 Å². The second kappa shape index (κ2) is 5.64. The highest BCUT2D eigenvalue weighted by atomic mass is 16.6. The van der Waals surface area contributed by atoms with Crippen molar-refractivity contribution in [3.05, 3.63) is 36.5 Å². The molecule has 0 unspecified atom stereocenters. The van der Waals surface area contributed by atoms with Crippen LogP contribution in [-0.2, 0) is 19.1 Å². The van der Waals surface area contributed by atoms with Crippen molar-refractivity contribution in [1.82, 2.24) is 0 Å². The Balaban J connectivity index is 1.94. The highest BCUT2D eigenvalue weighted by molar-refractivity contribution is 5.91. The monoisotopic (exact) mass is 318 g/mol. The van der Waals surface area contributed by atoms with E-state index in [1.807, 2.05) is 0 Å². The van der Waals surface area contributed by atoms with Crippen molar-refractivity contribution < 1.29 is 24.2 Å². The maximum atomic E-state index is 12.0. The minimum Gasteiger partial charge on any atom is -0.458 e. The first-order valence-electron chi connectivity index (χ1n) is 7.91. The molecule has 2 aliphatic carbocycles. The van der Waals surface area contributed by atoms with E-state index in [1.54, 1.807) is 6.92 Å². The number of hydrogen-bond acceptors (Lipinski definition) is 5. The molecule has 0 aromatic heterocycles. The summed E-state index contributed by atoms with van der Waals surface area (Å²) in [4.78, 5) is 24.0. The lowest BCUT2D eigenvalue weighted by Crippen LogP contribution is -2.35. The number of aliphatic hydroxyl groups is 1. The van der Waals surface area contributed by atoms with Gasteiger partial charge in [0.15, 0.2) is 0 Å². The molecule has 0 spiro atoms. The molecule has 124 valence electrons. The minimum absolute atomic E-state index is 0.000713. The summed E-state index contributed by atoms with van der Waals surface area (Å²) in [7, 11) is 0. The third kappa shape index (κ3) is 2.63. The van der Waals surface area contributed by atoms with Crippen molar-refractivity contribution in [3.8, 4) is 0 Å². The number of rotatable bonds is 2. The van der Waals surface area contributed by atoms with Crippen molar-refractivity contribution in [2.45, 2.75) is 44.5 Å². The average Bonchev–Trinajstić information content (AvgIpc) is 2.96. The Hall–Kier alpha value is -1.88. The normalized spacial score (nSPS) is 39.3. The lowest BCUT2D eigenvalue weighted by molar-refractivity contribution is -0.148. The van der Waals surface area contributed by atoms with E-state index in [1.165, 1.54) is 0 Å². The van der Waals surface area contributed by atoms with Crippen molar-refractivity contribution >= 4 is 11.9 Å². The highest BCUT2D eigenvalue weighted by Gasteiger charge is 2.55. The van der Waals surface area contributed by atoms with Gasteiger partial charge in [0.2, 0.25) is 0 Å². The molecule has 0 radical (unpaired) electrons. The van der Waals surface area contributed by atoms with Gasteiger partial charge in [-0.1, -0.05) is 25.3 Å². The van der Waals surface area contributed by atoms with Gasteiger partial charge in [0.1, 0.15) is 12.2 Å².